The molecule has 1 saturated heterocycles. The van der Waals surface area contributed by atoms with Crippen molar-refractivity contribution < 1.29 is 14.1 Å². The maximum absolute atomic E-state index is 13.1. The van der Waals surface area contributed by atoms with Crippen molar-refractivity contribution in [1.82, 2.24) is 5.32 Å². The number of hydrogen-bond acceptors (Lipinski definition) is 4. The van der Waals surface area contributed by atoms with Gasteiger partial charge in [0.25, 0.3) is 5.69 Å². The smallest absolute Gasteiger partial charge is 0.295 e. The summed E-state index contributed by atoms with van der Waals surface area (Å²) in [7, 11) is 0. The molecule has 1 aromatic carbocycles. The first kappa shape index (κ1) is 15.4. The summed E-state index contributed by atoms with van der Waals surface area (Å²) in [5, 5.41) is 16.7. The Hall–Kier alpha value is -2.02. The van der Waals surface area contributed by atoms with Gasteiger partial charge in [0.05, 0.1) is 16.5 Å². The predicted molar refractivity (Wildman–Crippen MR) is 76.6 cm³/mol. The molecule has 2 rings (SSSR count). The van der Waals surface area contributed by atoms with Gasteiger partial charge in [0.2, 0.25) is 5.91 Å². The van der Waals surface area contributed by atoms with E-state index in [9.17, 15) is 19.3 Å². The number of carbonyl (C=O) groups excluding carboxylic acids is 1. The number of nitro groups is 1. The van der Waals surface area contributed by atoms with Gasteiger partial charge in [-0.3, -0.25) is 14.9 Å². The van der Waals surface area contributed by atoms with E-state index in [4.69, 9.17) is 0 Å². The fourth-order valence-electron chi connectivity index (χ4n) is 2.76. The van der Waals surface area contributed by atoms with Gasteiger partial charge in [-0.1, -0.05) is 13.3 Å². The van der Waals surface area contributed by atoms with Crippen LogP contribution in [0.4, 0.5) is 15.8 Å². The van der Waals surface area contributed by atoms with Crippen molar-refractivity contribution in [3.8, 4) is 0 Å². The zero-order chi connectivity index (χ0) is 15.5. The lowest BCUT2D eigenvalue weighted by atomic mass is 9.90. The average molecular weight is 295 g/mol. The molecule has 0 saturated carbocycles. The Morgan fingerprint density at radius 1 is 1.57 bits per heavy atom. The average Bonchev–Trinajstić information content (AvgIpc) is 2.91. The van der Waals surface area contributed by atoms with Gasteiger partial charge in [-0.2, -0.15) is 0 Å². The molecule has 6 nitrogen and oxygen atoms in total. The largest absolute Gasteiger partial charge is 0.319 e. The SMILES string of the molecule is CCCC1(C(=O)Nc2ccc(F)cc2[N+](=O)[O-])CCCN1. The van der Waals surface area contributed by atoms with Gasteiger partial charge in [-0.05, 0) is 37.9 Å². The number of nitro benzene ring substituents is 1. The molecule has 1 atom stereocenters. The van der Waals surface area contributed by atoms with E-state index in [2.05, 4.69) is 10.6 Å². The molecule has 1 aliphatic rings. The van der Waals surface area contributed by atoms with Crippen LogP contribution in [0.25, 0.3) is 0 Å². The Morgan fingerprint density at radius 2 is 2.33 bits per heavy atom. The van der Waals surface area contributed by atoms with Crippen LogP contribution in [0.1, 0.15) is 32.6 Å². The van der Waals surface area contributed by atoms with Crippen molar-refractivity contribution in [2.45, 2.75) is 38.1 Å². The lowest BCUT2D eigenvalue weighted by Crippen LogP contribution is -2.50. The van der Waals surface area contributed by atoms with Crippen LogP contribution < -0.4 is 10.6 Å². The van der Waals surface area contributed by atoms with Crippen LogP contribution in [0.15, 0.2) is 18.2 Å². The monoisotopic (exact) mass is 295 g/mol. The maximum atomic E-state index is 13.1. The van der Waals surface area contributed by atoms with E-state index < -0.39 is 22.0 Å². The molecular weight excluding hydrogens is 277 g/mol. The number of amides is 1. The number of nitrogens with zero attached hydrogens (tertiary/aromatic N) is 1. The van der Waals surface area contributed by atoms with Crippen molar-refractivity contribution in [1.29, 1.82) is 0 Å². The molecule has 0 spiro atoms. The van der Waals surface area contributed by atoms with Gasteiger partial charge >= 0.3 is 0 Å². The summed E-state index contributed by atoms with van der Waals surface area (Å²) in [4.78, 5) is 22.7. The third-order valence-corrected chi connectivity index (χ3v) is 3.76. The molecule has 1 unspecified atom stereocenters. The molecule has 0 radical (unpaired) electrons. The van der Waals surface area contributed by atoms with Crippen LogP contribution in [0.3, 0.4) is 0 Å². The number of halogens is 1. The Kier molecular flexibility index (Phi) is 4.52. The van der Waals surface area contributed by atoms with Crippen LogP contribution in [0.2, 0.25) is 0 Å². The minimum atomic E-state index is -0.707. The summed E-state index contributed by atoms with van der Waals surface area (Å²) in [5.41, 5.74) is -1.10. The quantitative estimate of drug-likeness (QED) is 0.646. The lowest BCUT2D eigenvalue weighted by molar-refractivity contribution is -0.384. The fraction of sp³-hybridized carbons (Fsp3) is 0.500. The molecule has 0 aliphatic carbocycles. The molecule has 1 aliphatic heterocycles. The van der Waals surface area contributed by atoms with Crippen LogP contribution in [-0.4, -0.2) is 22.9 Å². The van der Waals surface area contributed by atoms with Crippen molar-refractivity contribution in [3.05, 3.63) is 34.1 Å². The molecule has 1 aromatic rings. The second kappa shape index (κ2) is 6.17. The van der Waals surface area contributed by atoms with E-state index in [1.54, 1.807) is 0 Å². The normalized spacial score (nSPS) is 21.2. The number of anilines is 1. The highest BCUT2D eigenvalue weighted by atomic mass is 19.1. The van der Waals surface area contributed by atoms with E-state index in [1.165, 1.54) is 6.07 Å². The second-order valence-corrected chi connectivity index (χ2v) is 5.24. The van der Waals surface area contributed by atoms with Crippen LogP contribution in [-0.2, 0) is 4.79 Å². The number of hydrogen-bond donors (Lipinski definition) is 2. The van der Waals surface area contributed by atoms with E-state index in [1.807, 2.05) is 6.92 Å². The van der Waals surface area contributed by atoms with Crippen LogP contribution >= 0.6 is 0 Å². The number of carbonyl (C=O) groups is 1. The third-order valence-electron chi connectivity index (χ3n) is 3.76. The predicted octanol–water partition coefficient (Wildman–Crippen LogP) is 2.59. The Morgan fingerprint density at radius 3 is 2.90 bits per heavy atom. The van der Waals surface area contributed by atoms with E-state index >= 15 is 0 Å². The van der Waals surface area contributed by atoms with Crippen molar-refractivity contribution in [2.75, 3.05) is 11.9 Å². The molecular formula is C14H18FN3O3. The van der Waals surface area contributed by atoms with Gasteiger partial charge in [-0.25, -0.2) is 4.39 Å². The fourth-order valence-corrected chi connectivity index (χ4v) is 2.76. The molecule has 1 heterocycles. The highest BCUT2D eigenvalue weighted by Crippen LogP contribution is 2.30. The number of benzene rings is 1. The van der Waals surface area contributed by atoms with Gasteiger partial charge in [0, 0.05) is 0 Å². The molecule has 0 bridgehead atoms. The topological polar surface area (TPSA) is 84.3 Å². The Labute approximate surface area is 121 Å². The highest BCUT2D eigenvalue weighted by molar-refractivity contribution is 5.99. The van der Waals surface area contributed by atoms with Crippen molar-refractivity contribution >= 4 is 17.3 Å². The summed E-state index contributed by atoms with van der Waals surface area (Å²) in [6.07, 6.45) is 3.07. The first-order valence-corrected chi connectivity index (χ1v) is 6.99. The van der Waals surface area contributed by atoms with Gasteiger partial charge in [0.15, 0.2) is 0 Å². The Bertz CT molecular complexity index is 556. The standard InChI is InChI=1S/C14H18FN3O3/c1-2-6-14(7-3-8-16-14)13(19)17-11-5-4-10(15)9-12(11)18(20)21/h4-5,9,16H,2-3,6-8H2,1H3,(H,17,19). The minimum absolute atomic E-state index is 0.0237. The van der Waals surface area contributed by atoms with Crippen molar-refractivity contribution in [3.63, 3.8) is 0 Å². The summed E-state index contributed by atoms with van der Waals surface area (Å²) < 4.78 is 13.1. The third kappa shape index (κ3) is 3.18. The van der Waals surface area contributed by atoms with E-state index in [0.29, 0.717) is 12.8 Å². The molecule has 1 amide bonds. The van der Waals surface area contributed by atoms with Crippen molar-refractivity contribution in [2.24, 2.45) is 0 Å². The molecule has 7 heteroatoms. The lowest BCUT2D eigenvalue weighted by Gasteiger charge is -2.27. The van der Waals surface area contributed by atoms with Crippen LogP contribution in [0.5, 0.6) is 0 Å². The van der Waals surface area contributed by atoms with Gasteiger partial charge < -0.3 is 10.6 Å². The summed E-state index contributed by atoms with van der Waals surface area (Å²) >= 11 is 0. The summed E-state index contributed by atoms with van der Waals surface area (Å²) in [6.45, 7) is 2.73. The number of nitrogens with one attached hydrogen (secondary N) is 2. The second-order valence-electron chi connectivity index (χ2n) is 5.24. The summed E-state index contributed by atoms with van der Waals surface area (Å²) in [6, 6.07) is 3.13. The minimum Gasteiger partial charge on any atom is -0.319 e. The van der Waals surface area contributed by atoms with Gasteiger partial charge in [0.1, 0.15) is 11.5 Å². The van der Waals surface area contributed by atoms with E-state index in [-0.39, 0.29) is 11.6 Å². The molecule has 2 N–H and O–H groups in total. The van der Waals surface area contributed by atoms with E-state index in [0.717, 1.165) is 31.5 Å². The molecule has 1 fully saturated rings. The first-order valence-electron chi connectivity index (χ1n) is 6.99. The maximum Gasteiger partial charge on any atom is 0.295 e. The highest BCUT2D eigenvalue weighted by Gasteiger charge is 2.40. The molecule has 21 heavy (non-hydrogen) atoms. The summed E-state index contributed by atoms with van der Waals surface area (Å²) in [5.74, 6) is -1.00. The Balaban J connectivity index is 2.25. The molecule has 114 valence electrons. The van der Waals surface area contributed by atoms with Gasteiger partial charge in [-0.15, -0.1) is 0 Å². The molecule has 0 aromatic heterocycles. The van der Waals surface area contributed by atoms with Crippen LogP contribution in [0, 0.1) is 15.9 Å². The number of rotatable bonds is 5. The first-order chi connectivity index (χ1) is 9.98. The zero-order valence-electron chi connectivity index (χ0n) is 11.8. The zero-order valence-corrected chi connectivity index (χ0v) is 11.8.